The molecule has 0 amide bonds. The lowest BCUT2D eigenvalue weighted by Crippen LogP contribution is -2.33. The summed E-state index contributed by atoms with van der Waals surface area (Å²) >= 11 is 1.77. The van der Waals surface area contributed by atoms with Gasteiger partial charge < -0.3 is 0 Å². The third-order valence-electron chi connectivity index (χ3n) is 4.51. The molecule has 3 heteroatoms. The standard InChI is InChI=1S/C20H24O2S/c1-5-6-15-9-13(2)19(14(3)10-15)20-17(21)11-16(7-8-23-4)12-18(20)22/h9-10,16,20H,7-8,11-12H2,1-4H3. The molecule has 0 unspecified atom stereocenters. The maximum atomic E-state index is 12.6. The molecule has 122 valence electrons. The van der Waals surface area contributed by atoms with E-state index in [-0.39, 0.29) is 17.5 Å². The van der Waals surface area contributed by atoms with Crippen LogP contribution in [0.4, 0.5) is 0 Å². The molecule has 0 radical (unpaired) electrons. The van der Waals surface area contributed by atoms with Gasteiger partial charge in [0, 0.05) is 18.4 Å². The monoisotopic (exact) mass is 328 g/mol. The van der Waals surface area contributed by atoms with Gasteiger partial charge in [-0.3, -0.25) is 9.59 Å². The number of carbonyl (C=O) groups excluding carboxylic acids is 2. The highest BCUT2D eigenvalue weighted by Crippen LogP contribution is 2.35. The first kappa shape index (κ1) is 17.8. The first-order valence-corrected chi connectivity index (χ1v) is 9.45. The largest absolute Gasteiger partial charge is 0.299 e. The van der Waals surface area contributed by atoms with Crippen LogP contribution >= 0.6 is 11.8 Å². The number of rotatable bonds is 4. The minimum atomic E-state index is -0.566. The van der Waals surface area contributed by atoms with Crippen LogP contribution in [0, 0.1) is 31.6 Å². The van der Waals surface area contributed by atoms with Gasteiger partial charge in [0.25, 0.3) is 0 Å². The molecule has 1 aliphatic rings. The Kier molecular flexibility index (Phi) is 6.07. The summed E-state index contributed by atoms with van der Waals surface area (Å²) in [5.41, 5.74) is 3.85. The zero-order valence-corrected chi connectivity index (χ0v) is 15.2. The number of ketones is 2. The number of benzene rings is 1. The maximum Gasteiger partial charge on any atom is 0.148 e. The average Bonchev–Trinajstić information content (AvgIpc) is 2.47. The lowest BCUT2D eigenvalue weighted by molar-refractivity contribution is -0.133. The molecule has 1 aliphatic carbocycles. The van der Waals surface area contributed by atoms with E-state index in [1.54, 1.807) is 11.8 Å². The van der Waals surface area contributed by atoms with Crippen LogP contribution in [0.2, 0.25) is 0 Å². The van der Waals surface area contributed by atoms with E-state index in [9.17, 15) is 9.59 Å². The van der Waals surface area contributed by atoms with Crippen molar-refractivity contribution in [2.45, 2.75) is 46.0 Å². The van der Waals surface area contributed by atoms with Gasteiger partial charge in [0.2, 0.25) is 0 Å². The Morgan fingerprint density at radius 1 is 1.13 bits per heavy atom. The highest BCUT2D eigenvalue weighted by Gasteiger charge is 2.37. The molecular weight excluding hydrogens is 304 g/mol. The minimum Gasteiger partial charge on any atom is -0.299 e. The molecule has 0 heterocycles. The molecule has 0 atom stereocenters. The van der Waals surface area contributed by atoms with Crippen molar-refractivity contribution in [3.63, 3.8) is 0 Å². The predicted molar refractivity (Wildman–Crippen MR) is 96.9 cm³/mol. The van der Waals surface area contributed by atoms with Crippen molar-refractivity contribution in [1.29, 1.82) is 0 Å². The molecule has 1 aromatic rings. The maximum absolute atomic E-state index is 12.6. The SMILES string of the molecule is CC#Cc1cc(C)c(C2C(=O)CC(CCSC)CC2=O)c(C)c1. The Hall–Kier alpha value is -1.53. The topological polar surface area (TPSA) is 34.1 Å². The van der Waals surface area contributed by atoms with Crippen LogP contribution in [-0.2, 0) is 9.59 Å². The summed E-state index contributed by atoms with van der Waals surface area (Å²) in [6.07, 6.45) is 4.08. The molecule has 0 aromatic heterocycles. The zero-order chi connectivity index (χ0) is 17.0. The third kappa shape index (κ3) is 4.06. The Balaban J connectivity index is 2.30. The summed E-state index contributed by atoms with van der Waals surface area (Å²) in [5, 5.41) is 0. The summed E-state index contributed by atoms with van der Waals surface area (Å²) in [6.45, 7) is 5.76. The van der Waals surface area contributed by atoms with Gasteiger partial charge in [0.1, 0.15) is 17.5 Å². The van der Waals surface area contributed by atoms with Crippen LogP contribution in [0.1, 0.15) is 54.4 Å². The van der Waals surface area contributed by atoms with Crippen molar-refractivity contribution in [3.05, 3.63) is 34.4 Å². The molecule has 0 saturated heterocycles. The summed E-state index contributed by atoms with van der Waals surface area (Å²) in [7, 11) is 0. The van der Waals surface area contributed by atoms with Crippen molar-refractivity contribution in [2.75, 3.05) is 12.0 Å². The molecule has 1 fully saturated rings. The van der Waals surface area contributed by atoms with Crippen LogP contribution in [0.5, 0.6) is 0 Å². The number of hydrogen-bond acceptors (Lipinski definition) is 3. The molecule has 0 aliphatic heterocycles. The zero-order valence-electron chi connectivity index (χ0n) is 14.4. The highest BCUT2D eigenvalue weighted by molar-refractivity contribution is 7.98. The average molecular weight is 328 g/mol. The third-order valence-corrected chi connectivity index (χ3v) is 5.15. The van der Waals surface area contributed by atoms with E-state index in [1.807, 2.05) is 32.9 Å². The Labute approximate surface area is 143 Å². The van der Waals surface area contributed by atoms with Crippen molar-refractivity contribution in [3.8, 4) is 11.8 Å². The molecule has 23 heavy (non-hydrogen) atoms. The Bertz CT molecular complexity index is 638. The van der Waals surface area contributed by atoms with Crippen LogP contribution in [-0.4, -0.2) is 23.6 Å². The van der Waals surface area contributed by atoms with Crippen LogP contribution in [0.15, 0.2) is 12.1 Å². The molecule has 0 N–H and O–H groups in total. The first-order chi connectivity index (χ1) is 11.0. The smallest absolute Gasteiger partial charge is 0.148 e. The molecule has 1 aromatic carbocycles. The van der Waals surface area contributed by atoms with Crippen molar-refractivity contribution in [2.24, 2.45) is 5.92 Å². The van der Waals surface area contributed by atoms with Gasteiger partial charge in [-0.2, -0.15) is 11.8 Å². The fourth-order valence-corrected chi connectivity index (χ4v) is 4.08. The number of aryl methyl sites for hydroxylation is 2. The van der Waals surface area contributed by atoms with E-state index >= 15 is 0 Å². The molecule has 0 bridgehead atoms. The number of hydrogen-bond donors (Lipinski definition) is 0. The molecular formula is C20H24O2S. The van der Waals surface area contributed by atoms with Crippen molar-refractivity contribution >= 4 is 23.3 Å². The van der Waals surface area contributed by atoms with Gasteiger partial charge in [-0.15, -0.1) is 5.92 Å². The quantitative estimate of drug-likeness (QED) is 0.617. The highest BCUT2D eigenvalue weighted by atomic mass is 32.2. The number of thioether (sulfide) groups is 1. The summed E-state index contributed by atoms with van der Waals surface area (Å²) in [6, 6.07) is 3.97. The van der Waals surface area contributed by atoms with Gasteiger partial charge in [-0.1, -0.05) is 5.92 Å². The lowest BCUT2D eigenvalue weighted by Gasteiger charge is -2.28. The molecule has 2 rings (SSSR count). The second-order valence-electron chi connectivity index (χ2n) is 6.32. The van der Waals surface area contributed by atoms with E-state index in [4.69, 9.17) is 0 Å². The van der Waals surface area contributed by atoms with Gasteiger partial charge in [-0.05, 0) is 73.9 Å². The fourth-order valence-electron chi connectivity index (χ4n) is 3.51. The van der Waals surface area contributed by atoms with Gasteiger partial charge in [-0.25, -0.2) is 0 Å². The molecule has 1 saturated carbocycles. The first-order valence-electron chi connectivity index (χ1n) is 8.06. The van der Waals surface area contributed by atoms with E-state index in [1.165, 1.54) is 0 Å². The van der Waals surface area contributed by atoms with Crippen molar-refractivity contribution < 1.29 is 9.59 Å². The fraction of sp³-hybridized carbons (Fsp3) is 0.500. The van der Waals surface area contributed by atoms with Crippen LogP contribution in [0.25, 0.3) is 0 Å². The van der Waals surface area contributed by atoms with E-state index in [2.05, 4.69) is 18.1 Å². The molecule has 0 spiro atoms. The van der Waals surface area contributed by atoms with Crippen LogP contribution in [0.3, 0.4) is 0 Å². The van der Waals surface area contributed by atoms with E-state index < -0.39 is 5.92 Å². The van der Waals surface area contributed by atoms with Gasteiger partial charge >= 0.3 is 0 Å². The Morgan fingerprint density at radius 3 is 2.17 bits per heavy atom. The minimum absolute atomic E-state index is 0.0906. The summed E-state index contributed by atoms with van der Waals surface area (Å²) < 4.78 is 0. The summed E-state index contributed by atoms with van der Waals surface area (Å²) in [5.74, 6) is 6.80. The predicted octanol–water partition coefficient (Wildman–Crippen LogP) is 4.06. The Morgan fingerprint density at radius 2 is 1.70 bits per heavy atom. The number of carbonyl (C=O) groups is 2. The number of Topliss-reactive ketones (excluding diaryl/α,β-unsaturated/α-hetero) is 2. The van der Waals surface area contributed by atoms with E-state index in [0.29, 0.717) is 12.8 Å². The van der Waals surface area contributed by atoms with Crippen LogP contribution < -0.4 is 0 Å². The van der Waals surface area contributed by atoms with E-state index in [0.717, 1.165) is 34.4 Å². The van der Waals surface area contributed by atoms with Gasteiger partial charge in [0.05, 0.1) is 0 Å². The lowest BCUT2D eigenvalue weighted by atomic mass is 9.73. The van der Waals surface area contributed by atoms with Crippen molar-refractivity contribution in [1.82, 2.24) is 0 Å². The summed E-state index contributed by atoms with van der Waals surface area (Å²) in [4.78, 5) is 25.3. The second kappa shape index (κ2) is 7.84. The second-order valence-corrected chi connectivity index (χ2v) is 7.31. The molecule has 2 nitrogen and oxygen atoms in total. The van der Waals surface area contributed by atoms with Gasteiger partial charge in [0.15, 0.2) is 0 Å². The normalized spacial score (nSPS) is 21.0.